The standard InChI is InChI=1S/C16H13NO2/c1-10-6-5-9-12-14(10)17-16(19)13(15(12)18)11-7-3-2-4-8-11/h2-9H,1H3,(H2,17,18,19). The molecule has 19 heavy (non-hydrogen) atoms. The van der Waals surface area contributed by atoms with Crippen molar-refractivity contribution in [3.8, 4) is 16.9 Å². The third kappa shape index (κ3) is 1.80. The van der Waals surface area contributed by atoms with E-state index in [1.807, 2.05) is 49.4 Å². The zero-order valence-electron chi connectivity index (χ0n) is 10.5. The highest BCUT2D eigenvalue weighted by Crippen LogP contribution is 2.32. The molecule has 0 bridgehead atoms. The number of fused-ring (bicyclic) bond motifs is 1. The fraction of sp³-hybridized carbons (Fsp3) is 0.0625. The van der Waals surface area contributed by atoms with Crippen LogP contribution in [0.2, 0.25) is 0 Å². The van der Waals surface area contributed by atoms with E-state index in [0.29, 0.717) is 22.0 Å². The minimum absolute atomic E-state index is 0.0358. The van der Waals surface area contributed by atoms with Crippen LogP contribution in [0.4, 0.5) is 0 Å². The van der Waals surface area contributed by atoms with E-state index in [2.05, 4.69) is 4.98 Å². The number of hydrogen-bond donors (Lipinski definition) is 2. The molecule has 1 aromatic heterocycles. The Morgan fingerprint density at radius 1 is 1.00 bits per heavy atom. The maximum atomic E-state index is 12.2. The van der Waals surface area contributed by atoms with Gasteiger partial charge in [-0.25, -0.2) is 0 Å². The first-order valence-electron chi connectivity index (χ1n) is 6.08. The van der Waals surface area contributed by atoms with Gasteiger partial charge in [-0.3, -0.25) is 4.79 Å². The zero-order chi connectivity index (χ0) is 13.4. The van der Waals surface area contributed by atoms with Gasteiger partial charge in [-0.15, -0.1) is 0 Å². The highest BCUT2D eigenvalue weighted by molar-refractivity contribution is 5.93. The second-order valence-electron chi connectivity index (χ2n) is 4.54. The molecule has 0 fully saturated rings. The van der Waals surface area contributed by atoms with E-state index in [1.54, 1.807) is 6.07 Å². The van der Waals surface area contributed by atoms with Crippen LogP contribution < -0.4 is 5.56 Å². The molecule has 0 amide bonds. The Bertz CT molecular complexity index is 804. The Morgan fingerprint density at radius 2 is 1.74 bits per heavy atom. The number of para-hydroxylation sites is 1. The van der Waals surface area contributed by atoms with Crippen LogP contribution in [0.3, 0.4) is 0 Å². The smallest absolute Gasteiger partial charge is 0.260 e. The molecule has 3 heteroatoms. The molecule has 1 heterocycles. The van der Waals surface area contributed by atoms with E-state index in [-0.39, 0.29) is 11.3 Å². The monoisotopic (exact) mass is 251 g/mol. The topological polar surface area (TPSA) is 53.1 Å². The third-order valence-corrected chi connectivity index (χ3v) is 3.29. The molecule has 0 aliphatic rings. The summed E-state index contributed by atoms with van der Waals surface area (Å²) < 4.78 is 0. The van der Waals surface area contributed by atoms with E-state index >= 15 is 0 Å². The van der Waals surface area contributed by atoms with Crippen molar-refractivity contribution in [2.45, 2.75) is 6.92 Å². The molecule has 2 N–H and O–H groups in total. The van der Waals surface area contributed by atoms with Gasteiger partial charge in [-0.1, -0.05) is 42.5 Å². The number of aryl methyl sites for hydroxylation is 1. The molecule has 2 aromatic carbocycles. The summed E-state index contributed by atoms with van der Waals surface area (Å²) in [6, 6.07) is 14.8. The minimum Gasteiger partial charge on any atom is -0.506 e. The van der Waals surface area contributed by atoms with E-state index < -0.39 is 0 Å². The predicted molar refractivity (Wildman–Crippen MR) is 76.4 cm³/mol. The largest absolute Gasteiger partial charge is 0.506 e. The number of pyridine rings is 1. The molecule has 0 aliphatic heterocycles. The number of nitrogens with one attached hydrogen (secondary N) is 1. The van der Waals surface area contributed by atoms with Gasteiger partial charge in [0.05, 0.1) is 11.1 Å². The predicted octanol–water partition coefficient (Wildman–Crippen LogP) is 3.21. The van der Waals surface area contributed by atoms with Crippen molar-refractivity contribution in [2.75, 3.05) is 0 Å². The fourth-order valence-electron chi connectivity index (χ4n) is 2.32. The summed E-state index contributed by atoms with van der Waals surface area (Å²) in [6.45, 7) is 1.90. The first kappa shape index (κ1) is 11.5. The molecule has 0 spiro atoms. The number of aromatic amines is 1. The van der Waals surface area contributed by atoms with E-state index in [4.69, 9.17) is 0 Å². The van der Waals surface area contributed by atoms with Gasteiger partial charge in [0.15, 0.2) is 0 Å². The molecule has 3 nitrogen and oxygen atoms in total. The first-order chi connectivity index (χ1) is 9.18. The lowest BCUT2D eigenvalue weighted by atomic mass is 10.0. The Hall–Kier alpha value is -2.55. The average Bonchev–Trinajstić information content (AvgIpc) is 2.41. The highest BCUT2D eigenvalue weighted by atomic mass is 16.3. The van der Waals surface area contributed by atoms with Gasteiger partial charge in [0.25, 0.3) is 5.56 Å². The van der Waals surface area contributed by atoms with Crippen molar-refractivity contribution in [2.24, 2.45) is 0 Å². The summed E-state index contributed by atoms with van der Waals surface area (Å²) in [5.41, 5.74) is 2.38. The molecule has 0 saturated heterocycles. The van der Waals surface area contributed by atoms with Gasteiger partial charge in [0.1, 0.15) is 5.75 Å². The maximum Gasteiger partial charge on any atom is 0.260 e. The van der Waals surface area contributed by atoms with Crippen LogP contribution in [-0.2, 0) is 0 Å². The first-order valence-corrected chi connectivity index (χ1v) is 6.08. The summed E-state index contributed by atoms with van der Waals surface area (Å²) in [5.74, 6) is 0.0358. The Morgan fingerprint density at radius 3 is 2.47 bits per heavy atom. The van der Waals surface area contributed by atoms with Gasteiger partial charge >= 0.3 is 0 Å². The second kappa shape index (κ2) is 4.28. The number of hydrogen-bond acceptors (Lipinski definition) is 2. The van der Waals surface area contributed by atoms with Crippen molar-refractivity contribution in [1.29, 1.82) is 0 Å². The zero-order valence-corrected chi connectivity index (χ0v) is 10.5. The molecular weight excluding hydrogens is 238 g/mol. The third-order valence-electron chi connectivity index (χ3n) is 3.29. The molecule has 0 aliphatic carbocycles. The summed E-state index contributed by atoms with van der Waals surface area (Å²) in [5, 5.41) is 11.1. The lowest BCUT2D eigenvalue weighted by Crippen LogP contribution is -2.09. The van der Waals surface area contributed by atoms with Gasteiger partial charge in [0, 0.05) is 5.39 Å². The van der Waals surface area contributed by atoms with Crippen LogP contribution in [-0.4, -0.2) is 10.1 Å². The van der Waals surface area contributed by atoms with Gasteiger partial charge in [-0.05, 0) is 24.1 Å². The minimum atomic E-state index is -0.273. The molecule has 0 unspecified atom stereocenters. The number of aromatic hydroxyl groups is 1. The lowest BCUT2D eigenvalue weighted by Gasteiger charge is -2.09. The summed E-state index contributed by atoms with van der Waals surface area (Å²) in [7, 11) is 0. The molecule has 0 radical (unpaired) electrons. The van der Waals surface area contributed by atoms with Crippen LogP contribution in [0.1, 0.15) is 5.56 Å². The van der Waals surface area contributed by atoms with Crippen LogP contribution in [0.15, 0.2) is 53.3 Å². The normalized spacial score (nSPS) is 10.8. The molecule has 0 atom stereocenters. The molecule has 3 aromatic rings. The van der Waals surface area contributed by atoms with Gasteiger partial charge in [0.2, 0.25) is 0 Å². The molecular formula is C16H13NO2. The number of rotatable bonds is 1. The Kier molecular flexibility index (Phi) is 2.60. The van der Waals surface area contributed by atoms with Crippen molar-refractivity contribution < 1.29 is 5.11 Å². The number of benzene rings is 2. The highest BCUT2D eigenvalue weighted by Gasteiger charge is 2.13. The average molecular weight is 251 g/mol. The fourth-order valence-corrected chi connectivity index (χ4v) is 2.32. The van der Waals surface area contributed by atoms with Gasteiger partial charge < -0.3 is 10.1 Å². The second-order valence-corrected chi connectivity index (χ2v) is 4.54. The quantitative estimate of drug-likeness (QED) is 0.697. The Labute approximate surface area is 110 Å². The number of H-pyrrole nitrogens is 1. The molecule has 3 rings (SSSR count). The van der Waals surface area contributed by atoms with Crippen molar-refractivity contribution >= 4 is 10.9 Å². The summed E-state index contributed by atoms with van der Waals surface area (Å²) >= 11 is 0. The summed E-state index contributed by atoms with van der Waals surface area (Å²) in [6.07, 6.45) is 0. The van der Waals surface area contributed by atoms with E-state index in [1.165, 1.54) is 0 Å². The van der Waals surface area contributed by atoms with Crippen LogP contribution in [0.5, 0.6) is 5.75 Å². The van der Waals surface area contributed by atoms with Crippen molar-refractivity contribution in [1.82, 2.24) is 4.98 Å². The van der Waals surface area contributed by atoms with Crippen LogP contribution >= 0.6 is 0 Å². The van der Waals surface area contributed by atoms with E-state index in [9.17, 15) is 9.90 Å². The van der Waals surface area contributed by atoms with Crippen molar-refractivity contribution in [3.63, 3.8) is 0 Å². The maximum absolute atomic E-state index is 12.2. The molecule has 0 saturated carbocycles. The van der Waals surface area contributed by atoms with E-state index in [0.717, 1.165) is 5.56 Å². The van der Waals surface area contributed by atoms with Gasteiger partial charge in [-0.2, -0.15) is 0 Å². The SMILES string of the molecule is Cc1cccc2c(O)c(-c3ccccc3)c(=O)[nH]c12. The van der Waals surface area contributed by atoms with Crippen molar-refractivity contribution in [3.05, 3.63) is 64.4 Å². The Balaban J connectivity index is 2.43. The molecule has 94 valence electrons. The van der Waals surface area contributed by atoms with Crippen LogP contribution in [0, 0.1) is 6.92 Å². The number of aromatic nitrogens is 1. The summed E-state index contributed by atoms with van der Waals surface area (Å²) in [4.78, 5) is 15.0. The van der Waals surface area contributed by atoms with Crippen LogP contribution in [0.25, 0.3) is 22.0 Å². The lowest BCUT2D eigenvalue weighted by molar-refractivity contribution is 0.482.